The van der Waals surface area contributed by atoms with Crippen LogP contribution in [-0.2, 0) is 16.1 Å². The fourth-order valence-electron chi connectivity index (χ4n) is 2.61. The van der Waals surface area contributed by atoms with Crippen molar-refractivity contribution in [1.29, 1.82) is 0 Å². The van der Waals surface area contributed by atoms with Gasteiger partial charge in [-0.25, -0.2) is 0 Å². The van der Waals surface area contributed by atoms with Gasteiger partial charge in [-0.15, -0.1) is 0 Å². The van der Waals surface area contributed by atoms with Crippen molar-refractivity contribution >= 4 is 23.2 Å². The molecule has 0 bridgehead atoms. The Morgan fingerprint density at radius 2 is 2.04 bits per heavy atom. The molecule has 1 aromatic carbocycles. The molecule has 1 aliphatic heterocycles. The second-order valence-electron chi connectivity index (χ2n) is 6.01. The molecule has 0 unspecified atom stereocenters. The van der Waals surface area contributed by atoms with Gasteiger partial charge in [-0.05, 0) is 38.1 Å². The summed E-state index contributed by atoms with van der Waals surface area (Å²) < 4.78 is 5.18. The van der Waals surface area contributed by atoms with Gasteiger partial charge in [-0.2, -0.15) is 0 Å². The first-order valence-corrected chi connectivity index (χ1v) is 7.45. The Morgan fingerprint density at radius 1 is 1.26 bits per heavy atom. The lowest BCUT2D eigenvalue weighted by Gasteiger charge is -2.39. The van der Waals surface area contributed by atoms with E-state index in [-0.39, 0.29) is 18.4 Å². The first kappa shape index (κ1) is 15.1. The number of hydrogen-bond acceptors (Lipinski definition) is 4. The van der Waals surface area contributed by atoms with E-state index in [0.717, 1.165) is 5.69 Å². The minimum atomic E-state index is -0.754. The molecule has 23 heavy (non-hydrogen) atoms. The fraction of sp³-hybridized carbons (Fsp3) is 0.294. The Bertz CT molecular complexity index is 722. The van der Waals surface area contributed by atoms with Crippen molar-refractivity contribution in [3.8, 4) is 0 Å². The van der Waals surface area contributed by atoms with Gasteiger partial charge in [0.15, 0.2) is 0 Å². The number of hydrogen-bond donors (Lipinski definition) is 2. The minimum absolute atomic E-state index is 0.0261. The second kappa shape index (κ2) is 5.79. The molecule has 6 nitrogen and oxygen atoms in total. The summed E-state index contributed by atoms with van der Waals surface area (Å²) in [5.41, 5.74) is 0.802. The maximum absolute atomic E-state index is 12.6. The molecule has 0 spiro atoms. The van der Waals surface area contributed by atoms with Gasteiger partial charge in [0.2, 0.25) is 5.91 Å². The topological polar surface area (TPSA) is 74.6 Å². The largest absolute Gasteiger partial charge is 0.467 e. The molecule has 0 fully saturated rings. The molecular formula is C17H19N3O3. The van der Waals surface area contributed by atoms with Gasteiger partial charge in [0.25, 0.3) is 5.91 Å². The highest BCUT2D eigenvalue weighted by atomic mass is 16.3. The van der Waals surface area contributed by atoms with Crippen LogP contribution in [0.2, 0.25) is 0 Å². The summed E-state index contributed by atoms with van der Waals surface area (Å²) in [5.74, 6) is 0.303. The van der Waals surface area contributed by atoms with E-state index in [2.05, 4.69) is 10.6 Å². The number of nitrogens with zero attached hydrogens (tertiary/aromatic N) is 1. The van der Waals surface area contributed by atoms with Gasteiger partial charge in [0.05, 0.1) is 24.2 Å². The normalized spacial score (nSPS) is 15.7. The number of amides is 2. The zero-order valence-corrected chi connectivity index (χ0v) is 13.1. The van der Waals surface area contributed by atoms with Gasteiger partial charge in [-0.3, -0.25) is 14.5 Å². The van der Waals surface area contributed by atoms with Crippen molar-refractivity contribution < 1.29 is 14.0 Å². The number of carbonyl (C=O) groups excluding carboxylic acids is 2. The molecule has 1 aliphatic rings. The molecule has 6 heteroatoms. The summed E-state index contributed by atoms with van der Waals surface area (Å²) in [6.07, 6.45) is 1.56. The first-order valence-electron chi connectivity index (χ1n) is 7.45. The van der Waals surface area contributed by atoms with Crippen LogP contribution in [0.15, 0.2) is 47.1 Å². The Morgan fingerprint density at radius 3 is 2.78 bits per heavy atom. The highest BCUT2D eigenvalue weighted by molar-refractivity contribution is 6.09. The number of nitrogens with one attached hydrogen (secondary N) is 2. The van der Waals surface area contributed by atoms with E-state index in [1.54, 1.807) is 32.2 Å². The van der Waals surface area contributed by atoms with Crippen LogP contribution >= 0.6 is 0 Å². The standard InChI is InChI=1S/C17H19N3O3/c1-17(2)16(22)20(14-8-4-3-7-13(14)19-17)11-15(21)18-10-12-6-5-9-23-12/h3-9,19H,10-11H2,1-2H3,(H,18,21). The molecule has 0 radical (unpaired) electrons. The number of para-hydroxylation sites is 2. The maximum atomic E-state index is 12.6. The third kappa shape index (κ3) is 3.06. The molecule has 2 aromatic rings. The van der Waals surface area contributed by atoms with E-state index in [1.807, 2.05) is 24.3 Å². The zero-order chi connectivity index (χ0) is 16.4. The van der Waals surface area contributed by atoms with Gasteiger partial charge in [0, 0.05) is 0 Å². The zero-order valence-electron chi connectivity index (χ0n) is 13.1. The van der Waals surface area contributed by atoms with Crippen molar-refractivity contribution in [3.63, 3.8) is 0 Å². The molecule has 1 aromatic heterocycles. The smallest absolute Gasteiger partial charge is 0.252 e. The van der Waals surface area contributed by atoms with Gasteiger partial charge in [-0.1, -0.05) is 12.1 Å². The highest BCUT2D eigenvalue weighted by Gasteiger charge is 2.39. The summed E-state index contributed by atoms with van der Waals surface area (Å²) in [5, 5.41) is 5.97. The van der Waals surface area contributed by atoms with Crippen LogP contribution in [0.1, 0.15) is 19.6 Å². The Balaban J connectivity index is 1.75. The van der Waals surface area contributed by atoms with Crippen LogP contribution < -0.4 is 15.5 Å². The number of anilines is 2. The summed E-state index contributed by atoms with van der Waals surface area (Å²) in [7, 11) is 0. The van der Waals surface area contributed by atoms with Crippen LogP contribution in [0.5, 0.6) is 0 Å². The van der Waals surface area contributed by atoms with Crippen molar-refractivity contribution in [2.75, 3.05) is 16.8 Å². The Labute approximate surface area is 134 Å². The van der Waals surface area contributed by atoms with E-state index in [4.69, 9.17) is 4.42 Å². The molecule has 2 heterocycles. The van der Waals surface area contributed by atoms with E-state index < -0.39 is 5.54 Å². The Hall–Kier alpha value is -2.76. The molecular weight excluding hydrogens is 294 g/mol. The predicted octanol–water partition coefficient (Wildman–Crippen LogP) is 2.13. The molecule has 0 saturated carbocycles. The number of fused-ring (bicyclic) bond motifs is 1. The van der Waals surface area contributed by atoms with Crippen LogP contribution in [0, 0.1) is 0 Å². The average Bonchev–Trinajstić information content (AvgIpc) is 3.03. The summed E-state index contributed by atoms with van der Waals surface area (Å²) in [6, 6.07) is 11.0. The van der Waals surface area contributed by atoms with Gasteiger partial charge in [0.1, 0.15) is 17.8 Å². The fourth-order valence-corrected chi connectivity index (χ4v) is 2.61. The summed E-state index contributed by atoms with van der Waals surface area (Å²) >= 11 is 0. The lowest BCUT2D eigenvalue weighted by Crippen LogP contribution is -2.56. The molecule has 0 saturated heterocycles. The molecule has 2 N–H and O–H groups in total. The number of carbonyl (C=O) groups is 2. The quantitative estimate of drug-likeness (QED) is 0.907. The van der Waals surface area contributed by atoms with Crippen LogP contribution in [-0.4, -0.2) is 23.9 Å². The van der Waals surface area contributed by atoms with Crippen LogP contribution in [0.25, 0.3) is 0 Å². The van der Waals surface area contributed by atoms with Gasteiger partial charge >= 0.3 is 0 Å². The summed E-state index contributed by atoms with van der Waals surface area (Å²) in [4.78, 5) is 26.4. The number of benzene rings is 1. The van der Waals surface area contributed by atoms with E-state index >= 15 is 0 Å². The monoisotopic (exact) mass is 313 g/mol. The second-order valence-corrected chi connectivity index (χ2v) is 6.01. The van der Waals surface area contributed by atoms with Crippen molar-refractivity contribution in [3.05, 3.63) is 48.4 Å². The average molecular weight is 313 g/mol. The molecule has 0 atom stereocenters. The van der Waals surface area contributed by atoms with Crippen LogP contribution in [0.4, 0.5) is 11.4 Å². The molecule has 120 valence electrons. The minimum Gasteiger partial charge on any atom is -0.467 e. The maximum Gasteiger partial charge on any atom is 0.252 e. The first-order chi connectivity index (χ1) is 11.0. The predicted molar refractivity (Wildman–Crippen MR) is 87.1 cm³/mol. The van der Waals surface area contributed by atoms with Crippen LogP contribution in [0.3, 0.4) is 0 Å². The number of furan rings is 1. The van der Waals surface area contributed by atoms with E-state index in [9.17, 15) is 9.59 Å². The third-order valence-corrected chi connectivity index (χ3v) is 3.76. The van der Waals surface area contributed by atoms with Crippen molar-refractivity contribution in [1.82, 2.24) is 5.32 Å². The molecule has 3 rings (SSSR count). The number of rotatable bonds is 4. The molecule has 0 aliphatic carbocycles. The Kier molecular flexibility index (Phi) is 3.82. The summed E-state index contributed by atoms with van der Waals surface area (Å²) in [6.45, 7) is 3.89. The highest BCUT2D eigenvalue weighted by Crippen LogP contribution is 2.34. The van der Waals surface area contributed by atoms with E-state index in [1.165, 1.54) is 4.90 Å². The van der Waals surface area contributed by atoms with Gasteiger partial charge < -0.3 is 15.1 Å². The molecule has 2 amide bonds. The SMILES string of the molecule is CC1(C)Nc2ccccc2N(CC(=O)NCc2ccco2)C1=O. The lowest BCUT2D eigenvalue weighted by molar-refractivity contribution is -0.125. The van der Waals surface area contributed by atoms with E-state index in [0.29, 0.717) is 18.0 Å². The lowest BCUT2D eigenvalue weighted by atomic mass is 9.98. The third-order valence-electron chi connectivity index (χ3n) is 3.76. The van der Waals surface area contributed by atoms with Crippen molar-refractivity contribution in [2.45, 2.75) is 25.9 Å². The van der Waals surface area contributed by atoms with Crippen molar-refractivity contribution in [2.24, 2.45) is 0 Å².